The summed E-state index contributed by atoms with van der Waals surface area (Å²) < 4.78 is 0.988. The van der Waals surface area contributed by atoms with Crippen LogP contribution in [-0.4, -0.2) is 34.6 Å². The molecule has 1 aromatic rings. The number of nitrogens with one attached hydrogen (secondary N) is 1. The van der Waals surface area contributed by atoms with Crippen LogP contribution in [0.1, 0.15) is 32.1 Å². The third-order valence-electron chi connectivity index (χ3n) is 3.69. The minimum absolute atomic E-state index is 0.0243. The molecule has 114 valence electrons. The fraction of sp³-hybridized carbons (Fsp3) is 0.467. The maximum Gasteiger partial charge on any atom is 0.322 e. The molecule has 0 bridgehead atoms. The second kappa shape index (κ2) is 7.63. The number of urea groups is 1. The first-order valence-corrected chi connectivity index (χ1v) is 8.20. The molecule has 1 aliphatic heterocycles. The Balaban J connectivity index is 2.01. The Hall–Kier alpha value is -1.31. The molecule has 0 aliphatic carbocycles. The highest BCUT2D eigenvalue weighted by Crippen LogP contribution is 2.23. The number of anilines is 1. The summed E-state index contributed by atoms with van der Waals surface area (Å²) in [5.74, 6) is -0.807. The van der Waals surface area contributed by atoms with Crippen LogP contribution in [0.25, 0.3) is 0 Å². The fourth-order valence-corrected chi connectivity index (χ4v) is 3.13. The molecule has 1 atom stereocenters. The van der Waals surface area contributed by atoms with Gasteiger partial charge in [0.15, 0.2) is 0 Å². The van der Waals surface area contributed by atoms with Crippen molar-refractivity contribution in [3.8, 4) is 0 Å². The molecule has 1 unspecified atom stereocenters. The number of carbonyl (C=O) groups excluding carboxylic acids is 1. The molecule has 21 heavy (non-hydrogen) atoms. The Morgan fingerprint density at radius 2 is 2.10 bits per heavy atom. The van der Waals surface area contributed by atoms with Crippen molar-refractivity contribution in [3.05, 3.63) is 27.8 Å². The molecule has 2 amide bonds. The number of halogens is 1. The van der Waals surface area contributed by atoms with Crippen LogP contribution in [0.2, 0.25) is 0 Å². The van der Waals surface area contributed by atoms with E-state index in [1.54, 1.807) is 4.90 Å². The lowest BCUT2D eigenvalue weighted by Gasteiger charge is -2.35. The molecule has 0 aromatic heterocycles. The normalized spacial score (nSPS) is 18.3. The van der Waals surface area contributed by atoms with Crippen LogP contribution in [0.3, 0.4) is 0 Å². The van der Waals surface area contributed by atoms with Crippen molar-refractivity contribution >= 4 is 40.3 Å². The highest BCUT2D eigenvalue weighted by atomic mass is 127. The molecule has 6 heteroatoms. The number of hydrogen-bond acceptors (Lipinski definition) is 2. The molecule has 0 saturated carbocycles. The first-order valence-electron chi connectivity index (χ1n) is 7.12. The van der Waals surface area contributed by atoms with Gasteiger partial charge in [0.25, 0.3) is 0 Å². The van der Waals surface area contributed by atoms with Gasteiger partial charge in [0.1, 0.15) is 0 Å². The zero-order valence-electron chi connectivity index (χ0n) is 11.7. The van der Waals surface area contributed by atoms with Crippen molar-refractivity contribution in [2.75, 3.05) is 11.9 Å². The number of hydrogen-bond donors (Lipinski definition) is 2. The number of likely N-dealkylation sites (tertiary alicyclic amines) is 1. The summed E-state index contributed by atoms with van der Waals surface area (Å²) in [6.07, 6.45) is 3.54. The van der Waals surface area contributed by atoms with Gasteiger partial charge in [-0.2, -0.15) is 0 Å². The standard InChI is InChI=1S/C15H19IN2O3/c16-12-6-1-2-7-13(12)17-15(21)18-10-4-3-5-11(18)8-9-14(19)20/h1-2,6-7,11H,3-5,8-10H2,(H,17,21)(H,19,20). The number of benzene rings is 1. The van der Waals surface area contributed by atoms with Crippen LogP contribution >= 0.6 is 22.6 Å². The Bertz CT molecular complexity index is 521. The van der Waals surface area contributed by atoms with E-state index in [0.717, 1.165) is 28.5 Å². The summed E-state index contributed by atoms with van der Waals surface area (Å²) in [5, 5.41) is 11.8. The Morgan fingerprint density at radius 1 is 1.33 bits per heavy atom. The van der Waals surface area contributed by atoms with Gasteiger partial charge in [-0.15, -0.1) is 0 Å². The molecule has 1 fully saturated rings. The number of rotatable bonds is 4. The lowest BCUT2D eigenvalue weighted by Crippen LogP contribution is -2.46. The summed E-state index contributed by atoms with van der Waals surface area (Å²) in [4.78, 5) is 25.0. The predicted octanol–water partition coefficient (Wildman–Crippen LogP) is 3.54. The minimum atomic E-state index is -0.807. The third-order valence-corrected chi connectivity index (χ3v) is 4.64. The average Bonchev–Trinajstić information content (AvgIpc) is 2.47. The van der Waals surface area contributed by atoms with Crippen molar-refractivity contribution in [1.82, 2.24) is 4.90 Å². The van der Waals surface area contributed by atoms with Crippen LogP contribution in [0.5, 0.6) is 0 Å². The Labute approximate surface area is 137 Å². The Kier molecular flexibility index (Phi) is 5.84. The van der Waals surface area contributed by atoms with Gasteiger partial charge in [-0.1, -0.05) is 12.1 Å². The number of carbonyl (C=O) groups is 2. The number of carboxylic acid groups (broad SMARTS) is 1. The third kappa shape index (κ3) is 4.59. The zero-order chi connectivity index (χ0) is 15.2. The average molecular weight is 402 g/mol. The number of carboxylic acids is 1. The summed E-state index contributed by atoms with van der Waals surface area (Å²) in [7, 11) is 0. The monoisotopic (exact) mass is 402 g/mol. The maximum absolute atomic E-state index is 12.4. The highest BCUT2D eigenvalue weighted by Gasteiger charge is 2.27. The van der Waals surface area contributed by atoms with Gasteiger partial charge in [-0.05, 0) is 60.4 Å². The largest absolute Gasteiger partial charge is 0.481 e. The van der Waals surface area contributed by atoms with Crippen LogP contribution < -0.4 is 5.32 Å². The van der Waals surface area contributed by atoms with Gasteiger partial charge in [-0.25, -0.2) is 4.79 Å². The quantitative estimate of drug-likeness (QED) is 0.757. The van der Waals surface area contributed by atoms with Gasteiger partial charge >= 0.3 is 12.0 Å². The molecule has 1 heterocycles. The molecule has 1 saturated heterocycles. The van der Waals surface area contributed by atoms with Gasteiger partial charge in [0.2, 0.25) is 0 Å². The van der Waals surface area contributed by atoms with Crippen molar-refractivity contribution < 1.29 is 14.7 Å². The van der Waals surface area contributed by atoms with Crippen molar-refractivity contribution in [2.45, 2.75) is 38.1 Å². The summed E-state index contributed by atoms with van der Waals surface area (Å²) >= 11 is 2.18. The van der Waals surface area contributed by atoms with E-state index in [0.29, 0.717) is 13.0 Å². The van der Waals surface area contributed by atoms with Crippen LogP contribution in [0, 0.1) is 3.57 Å². The lowest BCUT2D eigenvalue weighted by atomic mass is 9.98. The first-order chi connectivity index (χ1) is 10.1. The van der Waals surface area contributed by atoms with E-state index in [2.05, 4.69) is 27.9 Å². The summed E-state index contributed by atoms with van der Waals surface area (Å²) in [5.41, 5.74) is 0.797. The number of para-hydroxylation sites is 1. The SMILES string of the molecule is O=C(O)CCC1CCCCN1C(=O)Nc1ccccc1I. The molecule has 2 rings (SSSR count). The zero-order valence-corrected chi connectivity index (χ0v) is 13.9. The van der Waals surface area contributed by atoms with Gasteiger partial charge in [0, 0.05) is 22.6 Å². The topological polar surface area (TPSA) is 69.6 Å². The van der Waals surface area contributed by atoms with Crippen LogP contribution in [0.4, 0.5) is 10.5 Å². The Morgan fingerprint density at radius 3 is 2.81 bits per heavy atom. The number of aliphatic carboxylic acids is 1. The molecule has 0 radical (unpaired) electrons. The van der Waals surface area contributed by atoms with Gasteiger partial charge < -0.3 is 15.3 Å². The van der Waals surface area contributed by atoms with Crippen molar-refractivity contribution in [3.63, 3.8) is 0 Å². The van der Waals surface area contributed by atoms with E-state index in [4.69, 9.17) is 5.11 Å². The molecule has 2 N–H and O–H groups in total. The molecule has 1 aromatic carbocycles. The van der Waals surface area contributed by atoms with Crippen LogP contribution in [-0.2, 0) is 4.79 Å². The predicted molar refractivity (Wildman–Crippen MR) is 89.4 cm³/mol. The molecule has 0 spiro atoms. The van der Waals surface area contributed by atoms with Crippen molar-refractivity contribution in [1.29, 1.82) is 0 Å². The second-order valence-electron chi connectivity index (χ2n) is 5.19. The number of amides is 2. The van der Waals surface area contributed by atoms with E-state index in [-0.39, 0.29) is 18.5 Å². The molecule has 1 aliphatic rings. The van der Waals surface area contributed by atoms with E-state index < -0.39 is 5.97 Å². The van der Waals surface area contributed by atoms with Gasteiger partial charge in [0.05, 0.1) is 5.69 Å². The molecule has 5 nitrogen and oxygen atoms in total. The lowest BCUT2D eigenvalue weighted by molar-refractivity contribution is -0.137. The first kappa shape index (κ1) is 16.1. The highest BCUT2D eigenvalue weighted by molar-refractivity contribution is 14.1. The minimum Gasteiger partial charge on any atom is -0.481 e. The van der Waals surface area contributed by atoms with Crippen molar-refractivity contribution in [2.24, 2.45) is 0 Å². The van der Waals surface area contributed by atoms with E-state index in [9.17, 15) is 9.59 Å². The van der Waals surface area contributed by atoms with E-state index >= 15 is 0 Å². The van der Waals surface area contributed by atoms with E-state index in [1.807, 2.05) is 24.3 Å². The fourth-order valence-electron chi connectivity index (χ4n) is 2.61. The summed E-state index contributed by atoms with van der Waals surface area (Å²) in [6, 6.07) is 7.51. The molecular formula is C15H19IN2O3. The second-order valence-corrected chi connectivity index (χ2v) is 6.35. The number of piperidine rings is 1. The van der Waals surface area contributed by atoms with Crippen LogP contribution in [0.15, 0.2) is 24.3 Å². The summed E-state index contributed by atoms with van der Waals surface area (Å²) in [6.45, 7) is 0.694. The smallest absolute Gasteiger partial charge is 0.322 e. The maximum atomic E-state index is 12.4. The number of nitrogens with zero attached hydrogens (tertiary/aromatic N) is 1. The van der Waals surface area contributed by atoms with E-state index in [1.165, 1.54) is 0 Å². The molecular weight excluding hydrogens is 383 g/mol. The van der Waals surface area contributed by atoms with Gasteiger partial charge in [-0.3, -0.25) is 4.79 Å².